The van der Waals surface area contributed by atoms with E-state index in [0.29, 0.717) is 25.6 Å². The monoisotopic (exact) mass is 382 g/mol. The zero-order valence-electron chi connectivity index (χ0n) is 15.9. The maximum Gasteiger partial charge on any atom is 0.323 e. The van der Waals surface area contributed by atoms with Crippen LogP contribution < -0.4 is 10.6 Å². The fourth-order valence-corrected chi connectivity index (χ4v) is 4.03. The number of carbonyl (C=O) groups is 2. The third-order valence-corrected chi connectivity index (χ3v) is 5.47. The van der Waals surface area contributed by atoms with Crippen LogP contribution in [0, 0.1) is 0 Å². The zero-order valence-corrected chi connectivity index (χ0v) is 15.9. The minimum absolute atomic E-state index is 0.0262. The van der Waals surface area contributed by atoms with E-state index in [1.54, 1.807) is 17.3 Å². The van der Waals surface area contributed by atoms with Crippen molar-refractivity contribution in [1.82, 2.24) is 25.0 Å². The molecule has 2 aliphatic rings. The predicted molar refractivity (Wildman–Crippen MR) is 105 cm³/mol. The highest BCUT2D eigenvalue weighted by molar-refractivity contribution is 5.88. The third-order valence-electron chi connectivity index (χ3n) is 5.47. The van der Waals surface area contributed by atoms with E-state index in [2.05, 4.69) is 20.7 Å². The maximum absolute atomic E-state index is 13.1. The van der Waals surface area contributed by atoms with E-state index < -0.39 is 0 Å². The molecule has 2 aromatic rings. The lowest BCUT2D eigenvalue weighted by Gasteiger charge is -2.26. The van der Waals surface area contributed by atoms with E-state index in [9.17, 15) is 9.59 Å². The van der Waals surface area contributed by atoms with Crippen LogP contribution in [-0.4, -0.2) is 44.2 Å². The van der Waals surface area contributed by atoms with Crippen molar-refractivity contribution >= 4 is 17.8 Å². The molecule has 148 valence electrons. The van der Waals surface area contributed by atoms with Gasteiger partial charge in [0.2, 0.25) is 5.91 Å². The quantitative estimate of drug-likeness (QED) is 0.803. The van der Waals surface area contributed by atoms with Gasteiger partial charge in [0.15, 0.2) is 0 Å². The molecule has 0 radical (unpaired) electrons. The van der Waals surface area contributed by atoms with Crippen LogP contribution in [0.25, 0.3) is 0 Å². The van der Waals surface area contributed by atoms with Gasteiger partial charge in [-0.15, -0.1) is 0 Å². The van der Waals surface area contributed by atoms with E-state index in [-0.39, 0.29) is 18.0 Å². The van der Waals surface area contributed by atoms with Crippen molar-refractivity contribution in [2.24, 2.45) is 0 Å². The second-order valence-electron chi connectivity index (χ2n) is 7.53. The molecule has 1 saturated carbocycles. The van der Waals surface area contributed by atoms with Gasteiger partial charge in [-0.1, -0.05) is 18.9 Å². The van der Waals surface area contributed by atoms with Crippen LogP contribution in [0.1, 0.15) is 50.3 Å². The number of rotatable bonds is 6. The highest BCUT2D eigenvalue weighted by atomic mass is 16.2. The van der Waals surface area contributed by atoms with Crippen molar-refractivity contribution in [3.05, 3.63) is 42.4 Å². The number of urea groups is 1. The number of hydrogen-bond acceptors (Lipinski definition) is 4. The molecular formula is C20H26N6O2. The lowest BCUT2D eigenvalue weighted by molar-refractivity contribution is -0.119. The summed E-state index contributed by atoms with van der Waals surface area (Å²) in [7, 11) is 0. The Morgan fingerprint density at radius 2 is 2.07 bits per heavy atom. The molecule has 3 heterocycles. The molecule has 8 nitrogen and oxygen atoms in total. The van der Waals surface area contributed by atoms with Gasteiger partial charge in [-0.3, -0.25) is 15.1 Å². The summed E-state index contributed by atoms with van der Waals surface area (Å²) >= 11 is 0. The molecule has 2 N–H and O–H groups in total. The smallest absolute Gasteiger partial charge is 0.323 e. The van der Waals surface area contributed by atoms with Crippen LogP contribution in [0.2, 0.25) is 0 Å². The van der Waals surface area contributed by atoms with Gasteiger partial charge in [-0.25, -0.2) is 9.48 Å². The molecule has 1 aliphatic heterocycles. The van der Waals surface area contributed by atoms with Crippen LogP contribution in [0.4, 0.5) is 10.6 Å². The summed E-state index contributed by atoms with van der Waals surface area (Å²) in [5.41, 5.74) is 0.811. The van der Waals surface area contributed by atoms with Crippen molar-refractivity contribution in [2.45, 2.75) is 57.2 Å². The zero-order chi connectivity index (χ0) is 19.3. The van der Waals surface area contributed by atoms with E-state index in [4.69, 9.17) is 0 Å². The normalized spacial score (nSPS) is 19.6. The van der Waals surface area contributed by atoms with Crippen molar-refractivity contribution in [3.63, 3.8) is 0 Å². The van der Waals surface area contributed by atoms with Gasteiger partial charge in [0.05, 0.1) is 24.5 Å². The molecule has 0 aromatic carbocycles. The molecule has 2 aromatic heterocycles. The lowest BCUT2D eigenvalue weighted by atomic mass is 10.2. The Bertz CT molecular complexity index is 815. The SMILES string of the molecule is O=C1CC[C@@H](CN(Cc2ccccn2)C(=O)Nc2ccnn2C2CCCC2)N1. The summed E-state index contributed by atoms with van der Waals surface area (Å²) in [5.74, 6) is 0.765. The van der Waals surface area contributed by atoms with E-state index in [1.807, 2.05) is 28.9 Å². The minimum Gasteiger partial charge on any atom is -0.352 e. The summed E-state index contributed by atoms with van der Waals surface area (Å²) in [5, 5.41) is 10.4. The van der Waals surface area contributed by atoms with Gasteiger partial charge in [0, 0.05) is 31.3 Å². The first-order chi connectivity index (χ1) is 13.7. The van der Waals surface area contributed by atoms with Gasteiger partial charge in [0.25, 0.3) is 0 Å². The summed E-state index contributed by atoms with van der Waals surface area (Å²) in [6, 6.07) is 7.62. The van der Waals surface area contributed by atoms with Crippen molar-refractivity contribution < 1.29 is 9.59 Å². The fourth-order valence-electron chi connectivity index (χ4n) is 4.03. The molecule has 4 rings (SSSR count). The second-order valence-corrected chi connectivity index (χ2v) is 7.53. The molecule has 0 unspecified atom stereocenters. The molecule has 2 fully saturated rings. The Morgan fingerprint density at radius 3 is 2.79 bits per heavy atom. The van der Waals surface area contributed by atoms with Crippen molar-refractivity contribution in [2.75, 3.05) is 11.9 Å². The molecule has 0 bridgehead atoms. The van der Waals surface area contributed by atoms with E-state index in [0.717, 1.165) is 30.8 Å². The van der Waals surface area contributed by atoms with Gasteiger partial charge in [-0.2, -0.15) is 5.10 Å². The van der Waals surface area contributed by atoms with Crippen molar-refractivity contribution in [3.8, 4) is 0 Å². The van der Waals surface area contributed by atoms with Gasteiger partial charge in [-0.05, 0) is 31.4 Å². The first kappa shape index (κ1) is 18.5. The number of anilines is 1. The van der Waals surface area contributed by atoms with E-state index >= 15 is 0 Å². The summed E-state index contributed by atoms with van der Waals surface area (Å²) < 4.78 is 1.93. The number of pyridine rings is 1. The maximum atomic E-state index is 13.1. The molecule has 1 aliphatic carbocycles. The van der Waals surface area contributed by atoms with E-state index in [1.165, 1.54) is 12.8 Å². The van der Waals surface area contributed by atoms with Crippen LogP contribution in [0.15, 0.2) is 36.7 Å². The number of amides is 3. The number of aromatic nitrogens is 3. The number of carbonyl (C=O) groups excluding carboxylic acids is 2. The first-order valence-corrected chi connectivity index (χ1v) is 9.98. The molecular weight excluding hydrogens is 356 g/mol. The Morgan fingerprint density at radius 1 is 1.21 bits per heavy atom. The number of nitrogens with one attached hydrogen (secondary N) is 2. The molecule has 0 spiro atoms. The highest BCUT2D eigenvalue weighted by Gasteiger charge is 2.27. The van der Waals surface area contributed by atoms with Crippen LogP contribution >= 0.6 is 0 Å². The molecule has 1 atom stereocenters. The number of hydrogen-bond donors (Lipinski definition) is 2. The van der Waals surface area contributed by atoms with Gasteiger partial charge >= 0.3 is 6.03 Å². The predicted octanol–water partition coefficient (Wildman–Crippen LogP) is 2.71. The van der Waals surface area contributed by atoms with Crippen LogP contribution in [-0.2, 0) is 11.3 Å². The van der Waals surface area contributed by atoms with Crippen molar-refractivity contribution in [1.29, 1.82) is 0 Å². The van der Waals surface area contributed by atoms with Crippen LogP contribution in [0.3, 0.4) is 0 Å². The molecule has 3 amide bonds. The Kier molecular flexibility index (Phi) is 5.55. The topological polar surface area (TPSA) is 92.2 Å². The third kappa shape index (κ3) is 4.32. The summed E-state index contributed by atoms with van der Waals surface area (Å²) in [6.45, 7) is 0.836. The van der Waals surface area contributed by atoms with Crippen LogP contribution in [0.5, 0.6) is 0 Å². The molecule has 1 saturated heterocycles. The minimum atomic E-state index is -0.202. The first-order valence-electron chi connectivity index (χ1n) is 9.98. The standard InChI is InChI=1S/C20H26N6O2/c27-19-9-8-16(23-19)14-25(13-15-5-3-4-11-21-15)20(28)24-18-10-12-22-26(18)17-6-1-2-7-17/h3-5,10-12,16-17H,1-2,6-9,13-14H2,(H,23,27)(H,24,28)/t16-/m0/s1. The molecule has 28 heavy (non-hydrogen) atoms. The average Bonchev–Trinajstić information content (AvgIpc) is 3.44. The Balaban J connectivity index is 1.48. The Hall–Kier alpha value is -2.90. The molecule has 8 heteroatoms. The largest absolute Gasteiger partial charge is 0.352 e. The highest BCUT2D eigenvalue weighted by Crippen LogP contribution is 2.31. The second kappa shape index (κ2) is 8.41. The summed E-state index contributed by atoms with van der Waals surface area (Å²) in [4.78, 5) is 30.7. The Labute approximate surface area is 164 Å². The van der Waals surface area contributed by atoms with Gasteiger partial charge < -0.3 is 10.2 Å². The number of nitrogens with zero attached hydrogens (tertiary/aromatic N) is 4. The van der Waals surface area contributed by atoms with Gasteiger partial charge in [0.1, 0.15) is 5.82 Å². The fraction of sp³-hybridized carbons (Fsp3) is 0.500. The average molecular weight is 382 g/mol. The lowest BCUT2D eigenvalue weighted by Crippen LogP contribution is -2.43. The summed E-state index contributed by atoms with van der Waals surface area (Å²) in [6.07, 6.45) is 9.29.